The molecule has 0 rings (SSSR count). The summed E-state index contributed by atoms with van der Waals surface area (Å²) in [7, 11) is 0. The molecule has 0 aromatic heterocycles. The summed E-state index contributed by atoms with van der Waals surface area (Å²) in [6.07, 6.45) is 2.04. The van der Waals surface area contributed by atoms with E-state index in [1.54, 1.807) is 0 Å². The Morgan fingerprint density at radius 2 is 2.00 bits per heavy atom. The molecule has 0 aliphatic heterocycles. The third-order valence-electron chi connectivity index (χ3n) is 1.61. The lowest BCUT2D eigenvalue weighted by atomic mass is 10.2. The van der Waals surface area contributed by atoms with Crippen molar-refractivity contribution in [3.8, 4) is 0 Å². The fourth-order valence-electron chi connectivity index (χ4n) is 0.758. The van der Waals surface area contributed by atoms with Gasteiger partial charge in [0.05, 0.1) is 0 Å². The summed E-state index contributed by atoms with van der Waals surface area (Å²) in [6, 6.07) is 0.321. The lowest BCUT2D eigenvalue weighted by Gasteiger charge is -2.10. The van der Waals surface area contributed by atoms with Crippen LogP contribution in [-0.2, 0) is 4.74 Å². The number of hydrogen-bond acceptors (Lipinski definition) is 2. The Kier molecular flexibility index (Phi) is 6.57. The molecule has 0 aromatic carbocycles. The van der Waals surface area contributed by atoms with Crippen molar-refractivity contribution < 1.29 is 4.74 Å². The first kappa shape index (κ1) is 10.9. The van der Waals surface area contributed by atoms with Gasteiger partial charge in [-0.15, -0.1) is 0 Å². The van der Waals surface area contributed by atoms with Gasteiger partial charge >= 0.3 is 0 Å². The smallest absolute Gasteiger partial charge is 0.0489 e. The molecule has 0 aromatic rings. The van der Waals surface area contributed by atoms with Crippen molar-refractivity contribution in [2.75, 3.05) is 13.2 Å². The Labute approximate surface area is 70.1 Å². The second-order valence-corrected chi connectivity index (χ2v) is 3.43. The molecule has 0 saturated carbocycles. The van der Waals surface area contributed by atoms with Crippen LogP contribution in [0.15, 0.2) is 0 Å². The summed E-state index contributed by atoms with van der Waals surface area (Å²) in [5.74, 6) is 0.632. The Hall–Kier alpha value is -0.0800. The average Bonchev–Trinajstić information content (AvgIpc) is 1.97. The highest BCUT2D eigenvalue weighted by atomic mass is 16.5. The molecule has 68 valence electrons. The van der Waals surface area contributed by atoms with Gasteiger partial charge in [0, 0.05) is 19.3 Å². The van der Waals surface area contributed by atoms with Gasteiger partial charge in [0.2, 0.25) is 0 Å². The zero-order valence-electron chi connectivity index (χ0n) is 7.97. The summed E-state index contributed by atoms with van der Waals surface area (Å²) in [5, 5.41) is 0. The van der Waals surface area contributed by atoms with Gasteiger partial charge in [-0.3, -0.25) is 0 Å². The Morgan fingerprint density at radius 3 is 2.45 bits per heavy atom. The van der Waals surface area contributed by atoms with Crippen LogP contribution in [0.4, 0.5) is 0 Å². The molecule has 2 heteroatoms. The zero-order valence-corrected chi connectivity index (χ0v) is 7.97. The van der Waals surface area contributed by atoms with Crippen molar-refractivity contribution >= 4 is 0 Å². The summed E-state index contributed by atoms with van der Waals surface area (Å²) in [4.78, 5) is 0. The van der Waals surface area contributed by atoms with Crippen molar-refractivity contribution in [2.45, 2.75) is 39.7 Å². The van der Waals surface area contributed by atoms with E-state index < -0.39 is 0 Å². The number of rotatable bonds is 6. The topological polar surface area (TPSA) is 35.2 Å². The SMILES string of the molecule is CCC(N)CCOCC(C)C. The third kappa shape index (κ3) is 7.82. The average molecular weight is 159 g/mol. The summed E-state index contributed by atoms with van der Waals surface area (Å²) >= 11 is 0. The van der Waals surface area contributed by atoms with Gasteiger partial charge in [0.1, 0.15) is 0 Å². The van der Waals surface area contributed by atoms with E-state index in [1.165, 1.54) is 0 Å². The molecule has 0 aliphatic carbocycles. The highest BCUT2D eigenvalue weighted by molar-refractivity contribution is 4.56. The van der Waals surface area contributed by atoms with Crippen molar-refractivity contribution in [3.63, 3.8) is 0 Å². The number of ether oxygens (including phenoxy) is 1. The quantitative estimate of drug-likeness (QED) is 0.600. The van der Waals surface area contributed by atoms with E-state index in [2.05, 4.69) is 20.8 Å². The molecule has 1 atom stereocenters. The maximum Gasteiger partial charge on any atom is 0.0489 e. The molecule has 0 heterocycles. The van der Waals surface area contributed by atoms with Gasteiger partial charge in [0.25, 0.3) is 0 Å². The molecule has 0 spiro atoms. The molecule has 0 bridgehead atoms. The highest BCUT2D eigenvalue weighted by Gasteiger charge is 1.98. The highest BCUT2D eigenvalue weighted by Crippen LogP contribution is 1.96. The van der Waals surface area contributed by atoms with Crippen LogP contribution in [-0.4, -0.2) is 19.3 Å². The van der Waals surface area contributed by atoms with Crippen LogP contribution in [0.25, 0.3) is 0 Å². The van der Waals surface area contributed by atoms with Gasteiger partial charge in [0.15, 0.2) is 0 Å². The minimum Gasteiger partial charge on any atom is -0.381 e. The molecule has 1 unspecified atom stereocenters. The first-order valence-electron chi connectivity index (χ1n) is 4.50. The van der Waals surface area contributed by atoms with E-state index in [4.69, 9.17) is 10.5 Å². The predicted molar refractivity (Wildman–Crippen MR) is 48.5 cm³/mol. The van der Waals surface area contributed by atoms with Crippen LogP contribution in [0.3, 0.4) is 0 Å². The minimum atomic E-state index is 0.321. The Balaban J connectivity index is 3.01. The van der Waals surface area contributed by atoms with Crippen LogP contribution in [0.5, 0.6) is 0 Å². The number of hydrogen-bond donors (Lipinski definition) is 1. The molecule has 0 fully saturated rings. The van der Waals surface area contributed by atoms with Crippen molar-refractivity contribution in [3.05, 3.63) is 0 Å². The largest absolute Gasteiger partial charge is 0.381 e. The lowest BCUT2D eigenvalue weighted by molar-refractivity contribution is 0.104. The van der Waals surface area contributed by atoms with E-state index in [-0.39, 0.29) is 0 Å². The standard InChI is InChI=1S/C9H21NO/c1-4-9(10)5-6-11-7-8(2)3/h8-9H,4-7,10H2,1-3H3. The molecule has 2 N–H and O–H groups in total. The molecule has 0 radical (unpaired) electrons. The Morgan fingerprint density at radius 1 is 1.36 bits per heavy atom. The third-order valence-corrected chi connectivity index (χ3v) is 1.61. The van der Waals surface area contributed by atoms with Crippen LogP contribution in [0.1, 0.15) is 33.6 Å². The molecule has 2 nitrogen and oxygen atoms in total. The van der Waals surface area contributed by atoms with Crippen LogP contribution >= 0.6 is 0 Å². The van der Waals surface area contributed by atoms with E-state index in [0.717, 1.165) is 26.1 Å². The van der Waals surface area contributed by atoms with Crippen molar-refractivity contribution in [2.24, 2.45) is 11.7 Å². The molecular weight excluding hydrogens is 138 g/mol. The molecule has 0 aliphatic rings. The first-order chi connectivity index (χ1) is 5.16. The van der Waals surface area contributed by atoms with Gasteiger partial charge in [-0.05, 0) is 18.8 Å². The Bertz CT molecular complexity index is 83.6. The molecule has 0 amide bonds. The summed E-state index contributed by atoms with van der Waals surface area (Å²) < 4.78 is 5.39. The van der Waals surface area contributed by atoms with Crippen molar-refractivity contribution in [1.82, 2.24) is 0 Å². The lowest BCUT2D eigenvalue weighted by Crippen LogP contribution is -2.21. The zero-order chi connectivity index (χ0) is 8.69. The van der Waals surface area contributed by atoms with Crippen LogP contribution in [0, 0.1) is 5.92 Å². The molecular formula is C9H21NO. The number of nitrogens with two attached hydrogens (primary N) is 1. The second kappa shape index (κ2) is 6.62. The van der Waals surface area contributed by atoms with Crippen LogP contribution in [0.2, 0.25) is 0 Å². The maximum absolute atomic E-state index is 5.71. The fraction of sp³-hybridized carbons (Fsp3) is 1.00. The normalized spacial score (nSPS) is 13.9. The monoisotopic (exact) mass is 159 g/mol. The van der Waals surface area contributed by atoms with E-state index in [0.29, 0.717) is 12.0 Å². The van der Waals surface area contributed by atoms with E-state index in [9.17, 15) is 0 Å². The van der Waals surface area contributed by atoms with Crippen molar-refractivity contribution in [1.29, 1.82) is 0 Å². The van der Waals surface area contributed by atoms with Gasteiger partial charge in [-0.2, -0.15) is 0 Å². The molecule has 11 heavy (non-hydrogen) atoms. The predicted octanol–water partition coefficient (Wildman–Crippen LogP) is 1.79. The summed E-state index contributed by atoms with van der Waals surface area (Å²) in [6.45, 7) is 8.08. The van der Waals surface area contributed by atoms with E-state index in [1.807, 2.05) is 0 Å². The van der Waals surface area contributed by atoms with Gasteiger partial charge < -0.3 is 10.5 Å². The van der Waals surface area contributed by atoms with Gasteiger partial charge in [-0.25, -0.2) is 0 Å². The van der Waals surface area contributed by atoms with Gasteiger partial charge in [-0.1, -0.05) is 20.8 Å². The molecule has 0 saturated heterocycles. The van der Waals surface area contributed by atoms with Crippen LogP contribution < -0.4 is 5.73 Å². The second-order valence-electron chi connectivity index (χ2n) is 3.43. The van der Waals surface area contributed by atoms with E-state index >= 15 is 0 Å². The summed E-state index contributed by atoms with van der Waals surface area (Å²) in [5.41, 5.74) is 5.71. The first-order valence-corrected chi connectivity index (χ1v) is 4.50. The fourth-order valence-corrected chi connectivity index (χ4v) is 0.758. The maximum atomic E-state index is 5.71. The minimum absolute atomic E-state index is 0.321.